The van der Waals surface area contributed by atoms with E-state index in [4.69, 9.17) is 0 Å². The van der Waals surface area contributed by atoms with Gasteiger partial charge in [-0.3, -0.25) is 0 Å². The minimum absolute atomic E-state index is 0.527. The van der Waals surface area contributed by atoms with Crippen LogP contribution in [0.3, 0.4) is 0 Å². The Kier molecular flexibility index (Phi) is 10.1. The molecule has 0 saturated heterocycles. The molecule has 0 spiro atoms. The van der Waals surface area contributed by atoms with E-state index in [9.17, 15) is 0 Å². The molecule has 0 unspecified atom stereocenters. The third-order valence-electron chi connectivity index (χ3n) is 15.3. The first-order valence-corrected chi connectivity index (χ1v) is 25.2. The Balaban J connectivity index is 0.920. The molecule has 1 aliphatic rings. The highest BCUT2D eigenvalue weighted by Gasteiger charge is 2.46. The van der Waals surface area contributed by atoms with E-state index in [1.165, 1.54) is 99.3 Å². The summed E-state index contributed by atoms with van der Waals surface area (Å²) >= 11 is 0. The molecule has 342 valence electrons. The lowest BCUT2D eigenvalue weighted by molar-refractivity contribution is 0.768. The molecule has 0 amide bonds. The lowest BCUT2D eigenvalue weighted by atomic mass is 9.67. The van der Waals surface area contributed by atoms with Crippen LogP contribution in [0.25, 0.3) is 82.8 Å². The SMILES string of the molecule is c1ccc(-c2ccc(-c3ccc(N(c4ccc(-c5cccc6c5c5ccccc5n6-c5ccc6ccccc6c5)cc4)c4ccc5c(c4)C(c4ccccc4)(c4ccccc4)c4ccccc4-5)cc3)cc2)cc1. The number of hydrogen-bond donors (Lipinski definition) is 0. The van der Waals surface area contributed by atoms with Gasteiger partial charge in [0.05, 0.1) is 16.4 Å². The number of rotatable bonds is 9. The van der Waals surface area contributed by atoms with Gasteiger partial charge < -0.3 is 9.47 Å². The Morgan fingerprint density at radius 1 is 0.288 bits per heavy atom. The molecule has 0 radical (unpaired) electrons. The fourth-order valence-electron chi connectivity index (χ4n) is 12.0. The van der Waals surface area contributed by atoms with Gasteiger partial charge >= 0.3 is 0 Å². The van der Waals surface area contributed by atoms with Crippen LogP contribution in [-0.4, -0.2) is 4.57 Å². The van der Waals surface area contributed by atoms with E-state index in [0.717, 1.165) is 22.7 Å². The maximum absolute atomic E-state index is 2.46. The molecular weight excluding hydrogens is 881 g/mol. The third kappa shape index (κ3) is 6.94. The van der Waals surface area contributed by atoms with Crippen molar-refractivity contribution in [3.8, 4) is 50.2 Å². The maximum Gasteiger partial charge on any atom is 0.0714 e. The smallest absolute Gasteiger partial charge is 0.0714 e. The van der Waals surface area contributed by atoms with Crippen molar-refractivity contribution in [3.63, 3.8) is 0 Å². The summed E-state index contributed by atoms with van der Waals surface area (Å²) in [5.74, 6) is 0. The molecule has 0 atom stereocenters. The highest BCUT2D eigenvalue weighted by Crippen LogP contribution is 2.57. The van der Waals surface area contributed by atoms with Crippen molar-refractivity contribution in [1.82, 2.24) is 4.57 Å². The van der Waals surface area contributed by atoms with Gasteiger partial charge in [-0.15, -0.1) is 0 Å². The molecule has 1 aliphatic carbocycles. The highest BCUT2D eigenvalue weighted by molar-refractivity contribution is 6.16. The second kappa shape index (κ2) is 17.4. The summed E-state index contributed by atoms with van der Waals surface area (Å²) < 4.78 is 2.43. The normalized spacial score (nSPS) is 12.5. The number of fused-ring (bicyclic) bond motifs is 7. The molecule has 0 saturated carbocycles. The third-order valence-corrected chi connectivity index (χ3v) is 15.3. The van der Waals surface area contributed by atoms with Crippen molar-refractivity contribution in [2.24, 2.45) is 0 Å². The first-order valence-electron chi connectivity index (χ1n) is 25.2. The summed E-state index contributed by atoms with van der Waals surface area (Å²) in [7, 11) is 0. The highest BCUT2D eigenvalue weighted by atomic mass is 15.1. The van der Waals surface area contributed by atoms with Gasteiger partial charge in [0.25, 0.3) is 0 Å². The Hall–Kier alpha value is -9.50. The van der Waals surface area contributed by atoms with Crippen LogP contribution < -0.4 is 4.90 Å². The van der Waals surface area contributed by atoms with E-state index in [-0.39, 0.29) is 0 Å². The van der Waals surface area contributed by atoms with E-state index in [0.29, 0.717) is 0 Å². The molecule has 1 heterocycles. The molecule has 0 fully saturated rings. The van der Waals surface area contributed by atoms with Crippen LogP contribution in [0.1, 0.15) is 22.3 Å². The van der Waals surface area contributed by atoms with Gasteiger partial charge in [-0.2, -0.15) is 0 Å². The largest absolute Gasteiger partial charge is 0.310 e. The molecular formula is C71H48N2. The Morgan fingerprint density at radius 3 is 1.47 bits per heavy atom. The number of para-hydroxylation sites is 1. The van der Waals surface area contributed by atoms with E-state index >= 15 is 0 Å². The van der Waals surface area contributed by atoms with Crippen LogP contribution in [0.15, 0.2) is 291 Å². The second-order valence-corrected chi connectivity index (χ2v) is 19.2. The molecule has 0 bridgehead atoms. The van der Waals surface area contributed by atoms with Crippen LogP contribution in [0.4, 0.5) is 17.1 Å². The Labute approximate surface area is 426 Å². The number of aromatic nitrogens is 1. The molecule has 0 aliphatic heterocycles. The van der Waals surface area contributed by atoms with Crippen molar-refractivity contribution in [3.05, 3.63) is 313 Å². The molecule has 2 nitrogen and oxygen atoms in total. The number of benzene rings is 12. The van der Waals surface area contributed by atoms with Crippen LogP contribution in [0, 0.1) is 0 Å². The first kappa shape index (κ1) is 42.4. The topological polar surface area (TPSA) is 8.17 Å². The Morgan fingerprint density at radius 2 is 0.781 bits per heavy atom. The number of hydrogen-bond acceptors (Lipinski definition) is 1. The summed E-state index contributed by atoms with van der Waals surface area (Å²) in [6.07, 6.45) is 0. The van der Waals surface area contributed by atoms with Gasteiger partial charge in [0.15, 0.2) is 0 Å². The summed E-state index contributed by atoms with van der Waals surface area (Å²) in [4.78, 5) is 2.43. The monoisotopic (exact) mass is 928 g/mol. The maximum atomic E-state index is 2.46. The first-order chi connectivity index (χ1) is 36.2. The lowest BCUT2D eigenvalue weighted by Crippen LogP contribution is -2.28. The average Bonchev–Trinajstić information content (AvgIpc) is 3.97. The minimum Gasteiger partial charge on any atom is -0.310 e. The second-order valence-electron chi connectivity index (χ2n) is 19.2. The van der Waals surface area contributed by atoms with Crippen molar-refractivity contribution in [2.45, 2.75) is 5.41 Å². The molecule has 12 aromatic carbocycles. The van der Waals surface area contributed by atoms with Crippen molar-refractivity contribution >= 4 is 49.6 Å². The molecule has 73 heavy (non-hydrogen) atoms. The van der Waals surface area contributed by atoms with Gasteiger partial charge in [0.2, 0.25) is 0 Å². The fraction of sp³-hybridized carbons (Fsp3) is 0.0141. The lowest BCUT2D eigenvalue weighted by Gasteiger charge is -2.35. The predicted molar refractivity (Wildman–Crippen MR) is 307 cm³/mol. The number of anilines is 3. The van der Waals surface area contributed by atoms with Crippen molar-refractivity contribution < 1.29 is 0 Å². The van der Waals surface area contributed by atoms with E-state index in [2.05, 4.69) is 301 Å². The zero-order valence-electron chi connectivity index (χ0n) is 40.1. The van der Waals surface area contributed by atoms with Crippen LogP contribution in [-0.2, 0) is 5.41 Å². The fourth-order valence-corrected chi connectivity index (χ4v) is 12.0. The van der Waals surface area contributed by atoms with Gasteiger partial charge in [-0.05, 0) is 138 Å². The van der Waals surface area contributed by atoms with Gasteiger partial charge in [-0.1, -0.05) is 231 Å². The van der Waals surface area contributed by atoms with E-state index in [1.54, 1.807) is 0 Å². The Bertz CT molecular complexity index is 4120. The van der Waals surface area contributed by atoms with Gasteiger partial charge in [-0.25, -0.2) is 0 Å². The summed E-state index contributed by atoms with van der Waals surface area (Å²) in [5.41, 5.74) is 21.0. The molecule has 14 rings (SSSR count). The van der Waals surface area contributed by atoms with Crippen LogP contribution in [0.5, 0.6) is 0 Å². The molecule has 1 aromatic heterocycles. The predicted octanol–water partition coefficient (Wildman–Crippen LogP) is 18.8. The molecule has 13 aromatic rings. The standard InChI is InChI=1S/C71H48N2/c1-4-17-49(18-5-1)51-31-33-52(34-32-51)53-35-40-58(41-36-53)72(61-45-46-64-63-25-12-14-28-66(63)71(67(64)48-61,56-21-6-2-7-22-56)57-23-8-3-9-24-57)59-42-38-54(39-43-59)62-27-16-30-69-70(62)65-26-13-15-29-68(65)73(69)60-44-37-50-19-10-11-20-55(50)47-60/h1-48H. The zero-order valence-corrected chi connectivity index (χ0v) is 40.1. The van der Waals surface area contributed by atoms with Crippen LogP contribution >= 0.6 is 0 Å². The molecule has 0 N–H and O–H groups in total. The quantitative estimate of drug-likeness (QED) is 0.140. The zero-order chi connectivity index (χ0) is 48.3. The number of nitrogens with zero attached hydrogens (tertiary/aromatic N) is 2. The summed E-state index contributed by atoms with van der Waals surface area (Å²) in [6.45, 7) is 0. The van der Waals surface area contributed by atoms with Gasteiger partial charge in [0.1, 0.15) is 0 Å². The average molecular weight is 929 g/mol. The van der Waals surface area contributed by atoms with E-state index in [1.807, 2.05) is 0 Å². The summed E-state index contributed by atoms with van der Waals surface area (Å²) in [5, 5.41) is 4.96. The summed E-state index contributed by atoms with van der Waals surface area (Å²) in [6, 6.07) is 107. The van der Waals surface area contributed by atoms with Crippen LogP contribution in [0.2, 0.25) is 0 Å². The molecule has 2 heteroatoms. The van der Waals surface area contributed by atoms with Crippen molar-refractivity contribution in [1.29, 1.82) is 0 Å². The van der Waals surface area contributed by atoms with Gasteiger partial charge in [0, 0.05) is 33.5 Å². The minimum atomic E-state index is -0.527. The van der Waals surface area contributed by atoms with E-state index < -0.39 is 5.41 Å². The van der Waals surface area contributed by atoms with Crippen molar-refractivity contribution in [2.75, 3.05) is 4.90 Å².